The van der Waals surface area contributed by atoms with E-state index in [0.717, 1.165) is 23.4 Å². The number of aromatic nitrogens is 1. The highest BCUT2D eigenvalue weighted by molar-refractivity contribution is 6.31. The second kappa shape index (κ2) is 5.98. The molecule has 1 aromatic carbocycles. The number of nitrogens with two attached hydrogens (primary N) is 1. The third-order valence-electron chi connectivity index (χ3n) is 2.94. The number of pyridine rings is 1. The normalized spacial score (nSPS) is 12.4. The van der Waals surface area contributed by atoms with E-state index in [1.165, 1.54) is 11.1 Å². The van der Waals surface area contributed by atoms with Crippen molar-refractivity contribution in [2.24, 2.45) is 5.73 Å². The van der Waals surface area contributed by atoms with Crippen LogP contribution in [0.25, 0.3) is 0 Å². The summed E-state index contributed by atoms with van der Waals surface area (Å²) >= 11 is 6.21. The fourth-order valence-electron chi connectivity index (χ4n) is 1.99. The molecule has 0 fully saturated rings. The van der Waals surface area contributed by atoms with Gasteiger partial charge in [0.15, 0.2) is 0 Å². The van der Waals surface area contributed by atoms with Gasteiger partial charge in [-0.05, 0) is 54.7 Å². The molecule has 0 aliphatic heterocycles. The average molecular weight is 261 g/mol. The molecule has 2 nitrogen and oxygen atoms in total. The van der Waals surface area contributed by atoms with E-state index in [9.17, 15) is 0 Å². The van der Waals surface area contributed by atoms with Crippen molar-refractivity contribution in [3.05, 3.63) is 64.4 Å². The van der Waals surface area contributed by atoms with Gasteiger partial charge >= 0.3 is 0 Å². The number of rotatable bonds is 4. The molecule has 0 aliphatic rings. The first-order valence-electron chi connectivity index (χ1n) is 6.04. The number of nitrogens with zero attached hydrogens (tertiary/aromatic N) is 1. The molecule has 94 valence electrons. The zero-order chi connectivity index (χ0) is 13.0. The molecule has 1 unspecified atom stereocenters. The van der Waals surface area contributed by atoms with Gasteiger partial charge in [-0.3, -0.25) is 4.98 Å². The van der Waals surface area contributed by atoms with Gasteiger partial charge in [-0.1, -0.05) is 23.7 Å². The highest BCUT2D eigenvalue weighted by Crippen LogP contribution is 2.19. The fraction of sp³-hybridized carbons (Fsp3) is 0.267. The van der Waals surface area contributed by atoms with Gasteiger partial charge in [0.2, 0.25) is 0 Å². The van der Waals surface area contributed by atoms with Crippen molar-refractivity contribution >= 4 is 11.6 Å². The molecular formula is C15H17ClN2. The van der Waals surface area contributed by atoms with Gasteiger partial charge in [0.25, 0.3) is 0 Å². The summed E-state index contributed by atoms with van der Waals surface area (Å²) in [6, 6.07) is 10.2. The lowest BCUT2D eigenvalue weighted by atomic mass is 9.99. The van der Waals surface area contributed by atoms with E-state index in [-0.39, 0.29) is 6.04 Å². The summed E-state index contributed by atoms with van der Waals surface area (Å²) in [5.41, 5.74) is 9.66. The van der Waals surface area contributed by atoms with Crippen LogP contribution in [0.4, 0.5) is 0 Å². The van der Waals surface area contributed by atoms with Crippen molar-refractivity contribution < 1.29 is 0 Å². The van der Waals surface area contributed by atoms with Gasteiger partial charge < -0.3 is 5.73 Å². The van der Waals surface area contributed by atoms with E-state index in [1.807, 2.05) is 25.1 Å². The van der Waals surface area contributed by atoms with Crippen LogP contribution in [0.15, 0.2) is 42.7 Å². The van der Waals surface area contributed by atoms with Gasteiger partial charge in [-0.15, -0.1) is 0 Å². The summed E-state index contributed by atoms with van der Waals surface area (Å²) in [7, 11) is 0. The van der Waals surface area contributed by atoms with Crippen LogP contribution in [-0.4, -0.2) is 11.0 Å². The zero-order valence-electron chi connectivity index (χ0n) is 10.4. The lowest BCUT2D eigenvalue weighted by Crippen LogP contribution is -2.25. The molecule has 0 spiro atoms. The van der Waals surface area contributed by atoms with E-state index >= 15 is 0 Å². The van der Waals surface area contributed by atoms with Gasteiger partial charge in [0, 0.05) is 23.5 Å². The molecule has 0 saturated carbocycles. The molecule has 0 bridgehead atoms. The SMILES string of the molecule is Cc1ccc(CC(N)Cc2ccncc2)c(Cl)c1. The quantitative estimate of drug-likeness (QED) is 0.917. The van der Waals surface area contributed by atoms with Gasteiger partial charge in [-0.25, -0.2) is 0 Å². The van der Waals surface area contributed by atoms with Gasteiger partial charge in [0.1, 0.15) is 0 Å². The Labute approximate surface area is 113 Å². The molecule has 18 heavy (non-hydrogen) atoms. The van der Waals surface area contributed by atoms with Crippen molar-refractivity contribution in [2.45, 2.75) is 25.8 Å². The molecule has 0 amide bonds. The highest BCUT2D eigenvalue weighted by atomic mass is 35.5. The van der Waals surface area contributed by atoms with Crippen LogP contribution in [0.3, 0.4) is 0 Å². The molecule has 1 atom stereocenters. The monoisotopic (exact) mass is 260 g/mol. The Bertz CT molecular complexity index is 511. The summed E-state index contributed by atoms with van der Waals surface area (Å²) in [5.74, 6) is 0. The number of hydrogen-bond donors (Lipinski definition) is 1. The molecule has 0 radical (unpaired) electrons. The first-order chi connectivity index (χ1) is 8.65. The van der Waals surface area contributed by atoms with Crippen molar-refractivity contribution in [2.75, 3.05) is 0 Å². The molecule has 0 saturated heterocycles. The standard InChI is InChI=1S/C15H17ClN2/c1-11-2-3-13(15(16)8-11)10-14(17)9-12-4-6-18-7-5-12/h2-8,14H,9-10,17H2,1H3. The summed E-state index contributed by atoms with van der Waals surface area (Å²) in [6.45, 7) is 2.03. The van der Waals surface area contributed by atoms with E-state index in [0.29, 0.717) is 0 Å². The van der Waals surface area contributed by atoms with E-state index in [2.05, 4.69) is 17.1 Å². The minimum atomic E-state index is 0.0765. The third-order valence-corrected chi connectivity index (χ3v) is 3.29. The maximum atomic E-state index is 6.21. The molecule has 0 aliphatic carbocycles. The fourth-order valence-corrected chi connectivity index (χ4v) is 2.31. The summed E-state index contributed by atoms with van der Waals surface area (Å²) < 4.78 is 0. The largest absolute Gasteiger partial charge is 0.327 e. The van der Waals surface area contributed by atoms with Crippen molar-refractivity contribution in [3.63, 3.8) is 0 Å². The summed E-state index contributed by atoms with van der Waals surface area (Å²) in [6.07, 6.45) is 5.22. The van der Waals surface area contributed by atoms with Crippen molar-refractivity contribution in [1.29, 1.82) is 0 Å². The lowest BCUT2D eigenvalue weighted by molar-refractivity contribution is 0.664. The number of aryl methyl sites for hydroxylation is 1. The molecule has 2 N–H and O–H groups in total. The Morgan fingerprint density at radius 3 is 2.56 bits per heavy atom. The Hall–Kier alpha value is -1.38. The van der Waals surface area contributed by atoms with Crippen molar-refractivity contribution in [1.82, 2.24) is 4.98 Å². The maximum absolute atomic E-state index is 6.21. The molecule has 1 aromatic heterocycles. The first kappa shape index (κ1) is 13.1. The minimum absolute atomic E-state index is 0.0765. The minimum Gasteiger partial charge on any atom is -0.327 e. The van der Waals surface area contributed by atoms with Gasteiger partial charge in [-0.2, -0.15) is 0 Å². The van der Waals surface area contributed by atoms with Crippen molar-refractivity contribution in [3.8, 4) is 0 Å². The van der Waals surface area contributed by atoms with Crippen LogP contribution in [-0.2, 0) is 12.8 Å². The Kier molecular flexibility index (Phi) is 4.34. The number of benzene rings is 1. The Morgan fingerprint density at radius 2 is 1.89 bits per heavy atom. The second-order valence-electron chi connectivity index (χ2n) is 4.62. The predicted molar refractivity (Wildman–Crippen MR) is 75.8 cm³/mol. The van der Waals surface area contributed by atoms with Crippen LogP contribution in [0, 0.1) is 6.92 Å². The van der Waals surface area contributed by atoms with Crippen LogP contribution in [0.1, 0.15) is 16.7 Å². The average Bonchev–Trinajstić information content (AvgIpc) is 2.34. The van der Waals surface area contributed by atoms with E-state index in [4.69, 9.17) is 17.3 Å². The van der Waals surface area contributed by atoms with E-state index in [1.54, 1.807) is 12.4 Å². The number of halogens is 1. The first-order valence-corrected chi connectivity index (χ1v) is 6.42. The lowest BCUT2D eigenvalue weighted by Gasteiger charge is -2.13. The van der Waals surface area contributed by atoms with Crippen LogP contribution < -0.4 is 5.73 Å². The smallest absolute Gasteiger partial charge is 0.0441 e. The number of hydrogen-bond acceptors (Lipinski definition) is 2. The molecule has 3 heteroatoms. The summed E-state index contributed by atoms with van der Waals surface area (Å²) in [5, 5.41) is 0.806. The van der Waals surface area contributed by atoms with Crippen LogP contribution in [0.2, 0.25) is 5.02 Å². The van der Waals surface area contributed by atoms with E-state index < -0.39 is 0 Å². The predicted octanol–water partition coefficient (Wildman–Crippen LogP) is 3.16. The molecule has 2 rings (SSSR count). The van der Waals surface area contributed by atoms with Gasteiger partial charge in [0.05, 0.1) is 0 Å². The van der Waals surface area contributed by atoms with Crippen LogP contribution in [0.5, 0.6) is 0 Å². The Balaban J connectivity index is 2.01. The van der Waals surface area contributed by atoms with Crippen LogP contribution >= 0.6 is 11.6 Å². The Morgan fingerprint density at radius 1 is 1.17 bits per heavy atom. The molecule has 1 heterocycles. The maximum Gasteiger partial charge on any atom is 0.0441 e. The third kappa shape index (κ3) is 3.56. The molecular weight excluding hydrogens is 244 g/mol. The highest BCUT2D eigenvalue weighted by Gasteiger charge is 2.08. The zero-order valence-corrected chi connectivity index (χ0v) is 11.2. The second-order valence-corrected chi connectivity index (χ2v) is 5.03. The summed E-state index contributed by atoms with van der Waals surface area (Å²) in [4.78, 5) is 4.00. The molecule has 2 aromatic rings. The topological polar surface area (TPSA) is 38.9 Å².